The summed E-state index contributed by atoms with van der Waals surface area (Å²) in [6, 6.07) is 7.98. The van der Waals surface area contributed by atoms with Crippen LogP contribution in [0.15, 0.2) is 34.7 Å². The van der Waals surface area contributed by atoms with Gasteiger partial charge in [-0.1, -0.05) is 30.0 Å². The Bertz CT molecular complexity index is 904. The van der Waals surface area contributed by atoms with Gasteiger partial charge in [-0.3, -0.25) is 4.79 Å². The van der Waals surface area contributed by atoms with Crippen LogP contribution in [0.1, 0.15) is 30.3 Å². The van der Waals surface area contributed by atoms with E-state index in [0.717, 1.165) is 40.3 Å². The van der Waals surface area contributed by atoms with Gasteiger partial charge in [0, 0.05) is 16.7 Å². The first-order valence-electron chi connectivity index (χ1n) is 7.80. The van der Waals surface area contributed by atoms with Crippen molar-refractivity contribution in [3.63, 3.8) is 0 Å². The average Bonchev–Trinajstić information content (AvgIpc) is 3.36. The lowest BCUT2D eigenvalue weighted by atomic mass is 10.2. The van der Waals surface area contributed by atoms with Crippen molar-refractivity contribution in [2.45, 2.75) is 30.7 Å². The predicted molar refractivity (Wildman–Crippen MR) is 97.7 cm³/mol. The molecule has 1 aliphatic carbocycles. The van der Waals surface area contributed by atoms with Gasteiger partial charge in [-0.25, -0.2) is 15.0 Å². The molecule has 0 spiro atoms. The third-order valence-electron chi connectivity index (χ3n) is 3.73. The van der Waals surface area contributed by atoms with E-state index in [0.29, 0.717) is 16.8 Å². The van der Waals surface area contributed by atoms with Gasteiger partial charge in [0.1, 0.15) is 10.9 Å². The van der Waals surface area contributed by atoms with E-state index in [1.165, 1.54) is 23.1 Å². The van der Waals surface area contributed by atoms with E-state index in [1.54, 1.807) is 0 Å². The van der Waals surface area contributed by atoms with Crippen molar-refractivity contribution < 1.29 is 4.79 Å². The quantitative estimate of drug-likeness (QED) is 0.553. The van der Waals surface area contributed by atoms with E-state index in [2.05, 4.69) is 15.3 Å². The minimum atomic E-state index is -0.0648. The Labute approximate surface area is 147 Å². The maximum atomic E-state index is 12.2. The zero-order chi connectivity index (χ0) is 16.5. The molecular formula is C17H16N4OS2. The number of hydrogen-bond donors (Lipinski definition) is 1. The van der Waals surface area contributed by atoms with Crippen molar-refractivity contribution in [3.8, 4) is 0 Å². The third kappa shape index (κ3) is 3.42. The molecule has 1 aromatic carbocycles. The summed E-state index contributed by atoms with van der Waals surface area (Å²) in [6.45, 7) is 1.91. The summed E-state index contributed by atoms with van der Waals surface area (Å²) in [5.41, 5.74) is 1.87. The molecule has 1 aliphatic rings. The van der Waals surface area contributed by atoms with Gasteiger partial charge >= 0.3 is 0 Å². The zero-order valence-electron chi connectivity index (χ0n) is 13.2. The SMILES string of the molecule is Cc1csc(NC(=O)CSc2nc(C3CC3)nc3ccccc23)n1. The van der Waals surface area contributed by atoms with Crippen LogP contribution < -0.4 is 5.32 Å². The molecule has 1 amide bonds. The molecule has 1 N–H and O–H groups in total. The highest BCUT2D eigenvalue weighted by molar-refractivity contribution is 8.00. The number of nitrogens with zero attached hydrogens (tertiary/aromatic N) is 3. The van der Waals surface area contributed by atoms with Gasteiger partial charge in [0.15, 0.2) is 5.13 Å². The first-order chi connectivity index (χ1) is 11.7. The molecule has 3 aromatic rings. The van der Waals surface area contributed by atoms with Crippen LogP contribution in [-0.4, -0.2) is 26.6 Å². The highest BCUT2D eigenvalue weighted by Gasteiger charge is 2.27. The van der Waals surface area contributed by atoms with E-state index < -0.39 is 0 Å². The monoisotopic (exact) mass is 356 g/mol. The standard InChI is InChI=1S/C17H16N4OS2/c1-10-8-24-17(18-10)20-14(22)9-23-16-12-4-2-3-5-13(12)19-15(21-16)11-6-7-11/h2-5,8,11H,6-7,9H2,1H3,(H,18,20,22). The molecule has 0 saturated heterocycles. The number of hydrogen-bond acceptors (Lipinski definition) is 6. The molecule has 5 nitrogen and oxygen atoms in total. The number of rotatable bonds is 5. The third-order valence-corrected chi connectivity index (χ3v) is 5.60. The Morgan fingerprint density at radius 2 is 2.12 bits per heavy atom. The molecule has 24 heavy (non-hydrogen) atoms. The summed E-state index contributed by atoms with van der Waals surface area (Å²) in [7, 11) is 0. The average molecular weight is 356 g/mol. The Morgan fingerprint density at radius 3 is 2.88 bits per heavy atom. The van der Waals surface area contributed by atoms with Gasteiger partial charge in [0.2, 0.25) is 5.91 Å². The molecule has 4 rings (SSSR count). The van der Waals surface area contributed by atoms with Crippen molar-refractivity contribution in [1.29, 1.82) is 0 Å². The molecule has 2 aromatic heterocycles. The number of anilines is 1. The van der Waals surface area contributed by atoms with Gasteiger partial charge in [-0.2, -0.15) is 0 Å². The smallest absolute Gasteiger partial charge is 0.236 e. The number of amides is 1. The van der Waals surface area contributed by atoms with Gasteiger partial charge in [0.25, 0.3) is 0 Å². The molecule has 0 bridgehead atoms. The first-order valence-corrected chi connectivity index (χ1v) is 9.67. The van der Waals surface area contributed by atoms with Crippen molar-refractivity contribution in [2.75, 3.05) is 11.1 Å². The summed E-state index contributed by atoms with van der Waals surface area (Å²) in [6.07, 6.45) is 2.32. The molecule has 0 unspecified atom stereocenters. The lowest BCUT2D eigenvalue weighted by Gasteiger charge is -2.08. The molecule has 0 atom stereocenters. The molecule has 122 valence electrons. The molecule has 0 aliphatic heterocycles. The summed E-state index contributed by atoms with van der Waals surface area (Å²) < 4.78 is 0. The molecular weight excluding hydrogens is 340 g/mol. The van der Waals surface area contributed by atoms with Crippen LogP contribution in [-0.2, 0) is 4.79 Å². The molecule has 1 saturated carbocycles. The van der Waals surface area contributed by atoms with Crippen LogP contribution in [0.25, 0.3) is 10.9 Å². The molecule has 1 fully saturated rings. The number of aromatic nitrogens is 3. The summed E-state index contributed by atoms with van der Waals surface area (Å²) in [4.78, 5) is 25.8. The normalized spacial score (nSPS) is 14.0. The number of aryl methyl sites for hydroxylation is 1. The second kappa shape index (κ2) is 6.49. The molecule has 7 heteroatoms. The number of para-hydroxylation sites is 1. The van der Waals surface area contributed by atoms with Crippen molar-refractivity contribution in [3.05, 3.63) is 41.2 Å². The number of carbonyl (C=O) groups is 1. The minimum Gasteiger partial charge on any atom is -0.301 e. The fraction of sp³-hybridized carbons (Fsp3) is 0.294. The number of thiazole rings is 1. The summed E-state index contributed by atoms with van der Waals surface area (Å²) in [5.74, 6) is 1.64. The number of carbonyl (C=O) groups excluding carboxylic acids is 1. The van der Waals surface area contributed by atoms with Crippen LogP contribution >= 0.6 is 23.1 Å². The maximum Gasteiger partial charge on any atom is 0.236 e. The topological polar surface area (TPSA) is 67.8 Å². The molecule has 0 radical (unpaired) electrons. The van der Waals surface area contributed by atoms with E-state index in [9.17, 15) is 4.79 Å². The van der Waals surface area contributed by atoms with Gasteiger partial charge < -0.3 is 5.32 Å². The lowest BCUT2D eigenvalue weighted by molar-refractivity contribution is -0.113. The van der Waals surface area contributed by atoms with E-state index in [4.69, 9.17) is 4.98 Å². The Morgan fingerprint density at radius 1 is 1.29 bits per heavy atom. The highest BCUT2D eigenvalue weighted by Crippen LogP contribution is 2.39. The van der Waals surface area contributed by atoms with Crippen molar-refractivity contribution in [2.24, 2.45) is 0 Å². The Balaban J connectivity index is 1.52. The van der Waals surface area contributed by atoms with E-state index in [-0.39, 0.29) is 5.91 Å². The predicted octanol–water partition coefficient (Wildman–Crippen LogP) is 4.00. The van der Waals surface area contributed by atoms with Gasteiger partial charge in [-0.05, 0) is 25.8 Å². The van der Waals surface area contributed by atoms with Crippen LogP contribution in [0.2, 0.25) is 0 Å². The van der Waals surface area contributed by atoms with Gasteiger partial charge in [0.05, 0.1) is 17.0 Å². The summed E-state index contributed by atoms with van der Waals surface area (Å²) in [5, 5.41) is 7.28. The maximum absolute atomic E-state index is 12.2. The fourth-order valence-corrected chi connectivity index (χ4v) is 3.93. The van der Waals surface area contributed by atoms with Crippen LogP contribution in [0, 0.1) is 6.92 Å². The highest BCUT2D eigenvalue weighted by atomic mass is 32.2. The van der Waals surface area contributed by atoms with Crippen molar-refractivity contribution >= 4 is 45.0 Å². The number of nitrogens with one attached hydrogen (secondary N) is 1. The van der Waals surface area contributed by atoms with Crippen LogP contribution in [0.5, 0.6) is 0 Å². The van der Waals surface area contributed by atoms with Crippen molar-refractivity contribution in [1.82, 2.24) is 15.0 Å². The van der Waals surface area contributed by atoms with E-state index >= 15 is 0 Å². The second-order valence-electron chi connectivity index (χ2n) is 5.81. The number of thioether (sulfide) groups is 1. The number of benzene rings is 1. The lowest BCUT2D eigenvalue weighted by Crippen LogP contribution is -2.14. The van der Waals surface area contributed by atoms with Crippen LogP contribution in [0.4, 0.5) is 5.13 Å². The minimum absolute atomic E-state index is 0.0648. The second-order valence-corrected chi connectivity index (χ2v) is 7.63. The van der Waals surface area contributed by atoms with E-state index in [1.807, 2.05) is 36.6 Å². The Hall–Kier alpha value is -1.99. The molecule has 2 heterocycles. The van der Waals surface area contributed by atoms with Gasteiger partial charge in [-0.15, -0.1) is 11.3 Å². The first kappa shape index (κ1) is 15.5. The van der Waals surface area contributed by atoms with Crippen LogP contribution in [0.3, 0.4) is 0 Å². The Kier molecular flexibility index (Phi) is 4.20. The largest absolute Gasteiger partial charge is 0.301 e. The summed E-state index contributed by atoms with van der Waals surface area (Å²) >= 11 is 2.90. The number of fused-ring (bicyclic) bond motifs is 1. The fourth-order valence-electron chi connectivity index (χ4n) is 2.40. The zero-order valence-corrected chi connectivity index (χ0v) is 14.8.